The molecule has 0 saturated heterocycles. The Balaban J connectivity index is 1.82. The number of carbonyl (C=O) groups is 1. The van der Waals surface area contributed by atoms with Crippen molar-refractivity contribution in [1.82, 2.24) is 4.98 Å². The number of aryl methyl sites for hydroxylation is 2. The van der Waals surface area contributed by atoms with Gasteiger partial charge in [0.2, 0.25) is 0 Å². The van der Waals surface area contributed by atoms with Gasteiger partial charge in [0.15, 0.2) is 0 Å². The zero-order valence-corrected chi connectivity index (χ0v) is 17.8. The molecular formula is C26H24N2O3. The van der Waals surface area contributed by atoms with Gasteiger partial charge in [-0.15, -0.1) is 0 Å². The molecule has 1 aromatic heterocycles. The highest BCUT2D eigenvalue weighted by molar-refractivity contribution is 6.07. The summed E-state index contributed by atoms with van der Waals surface area (Å²) in [5.41, 5.74) is 4.30. The predicted molar refractivity (Wildman–Crippen MR) is 124 cm³/mol. The fourth-order valence-electron chi connectivity index (χ4n) is 3.70. The summed E-state index contributed by atoms with van der Waals surface area (Å²) in [7, 11) is 1.57. The van der Waals surface area contributed by atoms with Gasteiger partial charge in [-0.1, -0.05) is 42.0 Å². The largest absolute Gasteiger partial charge is 0.495 e. The van der Waals surface area contributed by atoms with Crippen LogP contribution in [0.15, 0.2) is 77.6 Å². The van der Waals surface area contributed by atoms with Gasteiger partial charge in [0.05, 0.1) is 19.3 Å². The average Bonchev–Trinajstić information content (AvgIpc) is 2.77. The number of hydrogen-bond acceptors (Lipinski definition) is 3. The number of pyridine rings is 1. The van der Waals surface area contributed by atoms with Crippen LogP contribution in [0, 0.1) is 13.8 Å². The molecule has 4 rings (SSSR count). The number of aromatic amines is 1. The van der Waals surface area contributed by atoms with E-state index in [4.69, 9.17) is 4.74 Å². The number of ether oxygens (including phenoxy) is 1. The summed E-state index contributed by atoms with van der Waals surface area (Å²) in [6.07, 6.45) is 0. The smallest absolute Gasteiger partial charge is 0.258 e. The molecule has 0 spiro atoms. The van der Waals surface area contributed by atoms with Crippen LogP contribution >= 0.6 is 0 Å². The van der Waals surface area contributed by atoms with E-state index >= 15 is 0 Å². The van der Waals surface area contributed by atoms with Crippen molar-refractivity contribution >= 4 is 22.5 Å². The molecule has 1 amide bonds. The lowest BCUT2D eigenvalue weighted by atomic mass is 10.1. The van der Waals surface area contributed by atoms with Crippen molar-refractivity contribution in [3.05, 3.63) is 105 Å². The molecule has 4 aromatic rings. The maximum absolute atomic E-state index is 13.5. The molecule has 0 saturated carbocycles. The molecule has 5 heteroatoms. The fourth-order valence-corrected chi connectivity index (χ4v) is 3.70. The number of hydrogen-bond donors (Lipinski definition) is 1. The van der Waals surface area contributed by atoms with Gasteiger partial charge in [0.1, 0.15) is 5.75 Å². The molecule has 0 bridgehead atoms. The first-order valence-corrected chi connectivity index (χ1v) is 10.1. The number of fused-ring (bicyclic) bond motifs is 1. The van der Waals surface area contributed by atoms with Crippen LogP contribution in [0.5, 0.6) is 5.75 Å². The third-order valence-electron chi connectivity index (χ3n) is 5.29. The SMILES string of the molecule is COc1ccccc1N(Cc1cc2ccc(C)cc2[nH]c1=O)C(=O)c1cccc(C)c1. The summed E-state index contributed by atoms with van der Waals surface area (Å²) in [5, 5.41) is 0.920. The fraction of sp³-hybridized carbons (Fsp3) is 0.154. The van der Waals surface area contributed by atoms with E-state index in [1.165, 1.54) is 0 Å². The molecule has 5 nitrogen and oxygen atoms in total. The number of H-pyrrole nitrogens is 1. The Kier molecular flexibility index (Phi) is 5.58. The third-order valence-corrected chi connectivity index (χ3v) is 5.29. The Bertz CT molecular complexity index is 1320. The van der Waals surface area contributed by atoms with Crippen molar-refractivity contribution in [2.45, 2.75) is 20.4 Å². The highest BCUT2D eigenvalue weighted by Crippen LogP contribution is 2.30. The standard InChI is InChI=1S/C26H24N2O3/c1-17-7-6-8-20(13-17)26(30)28(23-9-4-5-10-24(23)31-3)16-21-15-19-12-11-18(2)14-22(19)27-25(21)29/h4-15H,16H2,1-3H3,(H,27,29). The molecule has 3 aromatic carbocycles. The molecule has 0 fully saturated rings. The summed E-state index contributed by atoms with van der Waals surface area (Å²) in [6, 6.07) is 22.5. The first kappa shape index (κ1) is 20.4. The number of carbonyl (C=O) groups excluding carboxylic acids is 1. The van der Waals surface area contributed by atoms with E-state index in [9.17, 15) is 9.59 Å². The zero-order valence-electron chi connectivity index (χ0n) is 17.8. The maximum Gasteiger partial charge on any atom is 0.258 e. The van der Waals surface area contributed by atoms with Crippen LogP contribution in [0.2, 0.25) is 0 Å². The van der Waals surface area contributed by atoms with Crippen LogP contribution in [0.25, 0.3) is 10.9 Å². The highest BCUT2D eigenvalue weighted by atomic mass is 16.5. The van der Waals surface area contributed by atoms with Gasteiger partial charge < -0.3 is 14.6 Å². The lowest BCUT2D eigenvalue weighted by Gasteiger charge is -2.25. The van der Waals surface area contributed by atoms with Crippen molar-refractivity contribution < 1.29 is 9.53 Å². The maximum atomic E-state index is 13.5. The summed E-state index contributed by atoms with van der Waals surface area (Å²) in [6.45, 7) is 4.04. The van der Waals surface area contributed by atoms with Gasteiger partial charge >= 0.3 is 0 Å². The number of rotatable bonds is 5. The molecule has 0 aliphatic heterocycles. The van der Waals surface area contributed by atoms with Crippen LogP contribution in [0.4, 0.5) is 5.69 Å². The molecule has 0 radical (unpaired) electrons. The van der Waals surface area contributed by atoms with Crippen LogP contribution in [-0.4, -0.2) is 18.0 Å². The van der Waals surface area contributed by atoms with Gasteiger partial charge in [-0.25, -0.2) is 0 Å². The molecule has 1 N–H and O–H groups in total. The van der Waals surface area contributed by atoms with E-state index in [0.29, 0.717) is 22.6 Å². The van der Waals surface area contributed by atoms with Gasteiger partial charge in [-0.3, -0.25) is 9.59 Å². The highest BCUT2D eigenvalue weighted by Gasteiger charge is 2.22. The Morgan fingerprint density at radius 3 is 2.48 bits per heavy atom. The lowest BCUT2D eigenvalue weighted by Crippen LogP contribution is -2.33. The second-order valence-corrected chi connectivity index (χ2v) is 7.65. The van der Waals surface area contributed by atoms with E-state index in [2.05, 4.69) is 4.98 Å². The Morgan fingerprint density at radius 2 is 1.71 bits per heavy atom. The second kappa shape index (κ2) is 8.48. The third kappa shape index (κ3) is 4.21. The van der Waals surface area contributed by atoms with Crippen LogP contribution < -0.4 is 15.2 Å². The minimum Gasteiger partial charge on any atom is -0.495 e. The summed E-state index contributed by atoms with van der Waals surface area (Å²) in [4.78, 5) is 30.9. The summed E-state index contributed by atoms with van der Waals surface area (Å²) in [5.74, 6) is 0.368. The van der Waals surface area contributed by atoms with Gasteiger partial charge in [-0.2, -0.15) is 0 Å². The number of methoxy groups -OCH3 is 1. The molecule has 156 valence electrons. The molecule has 0 aliphatic carbocycles. The number of nitrogens with one attached hydrogen (secondary N) is 1. The molecule has 31 heavy (non-hydrogen) atoms. The van der Waals surface area contributed by atoms with Crippen molar-refractivity contribution in [2.75, 3.05) is 12.0 Å². The number of aromatic nitrogens is 1. The van der Waals surface area contributed by atoms with E-state index in [0.717, 1.165) is 22.0 Å². The van der Waals surface area contributed by atoms with Crippen molar-refractivity contribution in [1.29, 1.82) is 0 Å². The lowest BCUT2D eigenvalue weighted by molar-refractivity contribution is 0.0984. The average molecular weight is 412 g/mol. The normalized spacial score (nSPS) is 10.8. The van der Waals surface area contributed by atoms with Crippen molar-refractivity contribution in [2.24, 2.45) is 0 Å². The summed E-state index contributed by atoms with van der Waals surface area (Å²) < 4.78 is 5.51. The summed E-state index contributed by atoms with van der Waals surface area (Å²) >= 11 is 0. The zero-order chi connectivity index (χ0) is 22.0. The Labute approximate surface area is 180 Å². The first-order valence-electron chi connectivity index (χ1n) is 10.1. The molecule has 0 aliphatic rings. The Morgan fingerprint density at radius 1 is 0.935 bits per heavy atom. The minimum atomic E-state index is -0.213. The number of para-hydroxylation sites is 2. The molecular weight excluding hydrogens is 388 g/mol. The Hall–Kier alpha value is -3.86. The minimum absolute atomic E-state index is 0.117. The topological polar surface area (TPSA) is 62.4 Å². The predicted octanol–water partition coefficient (Wildman–Crippen LogP) is 5.00. The van der Waals surface area contributed by atoms with Crippen molar-refractivity contribution in [3.63, 3.8) is 0 Å². The number of nitrogens with zero attached hydrogens (tertiary/aromatic N) is 1. The van der Waals surface area contributed by atoms with E-state index in [1.807, 2.05) is 74.5 Å². The quantitative estimate of drug-likeness (QED) is 0.502. The van der Waals surface area contributed by atoms with Gasteiger partial charge in [-0.05, 0) is 61.2 Å². The number of amides is 1. The van der Waals surface area contributed by atoms with Gasteiger partial charge in [0, 0.05) is 16.6 Å². The van der Waals surface area contributed by atoms with E-state index in [1.54, 1.807) is 24.1 Å². The molecule has 0 atom stereocenters. The molecule has 1 heterocycles. The number of benzene rings is 3. The van der Waals surface area contributed by atoms with Crippen LogP contribution in [-0.2, 0) is 6.54 Å². The first-order chi connectivity index (χ1) is 15.0. The second-order valence-electron chi connectivity index (χ2n) is 7.65. The van der Waals surface area contributed by atoms with E-state index in [-0.39, 0.29) is 18.0 Å². The monoisotopic (exact) mass is 412 g/mol. The van der Waals surface area contributed by atoms with E-state index < -0.39 is 0 Å². The van der Waals surface area contributed by atoms with Crippen molar-refractivity contribution in [3.8, 4) is 5.75 Å². The van der Waals surface area contributed by atoms with Crippen LogP contribution in [0.1, 0.15) is 27.0 Å². The van der Waals surface area contributed by atoms with Crippen LogP contribution in [0.3, 0.4) is 0 Å². The number of anilines is 1. The molecule has 0 unspecified atom stereocenters. The van der Waals surface area contributed by atoms with Gasteiger partial charge in [0.25, 0.3) is 11.5 Å².